The van der Waals surface area contributed by atoms with Gasteiger partial charge in [-0.3, -0.25) is 0 Å². The van der Waals surface area contributed by atoms with E-state index in [1.165, 1.54) is 16.1 Å². The van der Waals surface area contributed by atoms with Gasteiger partial charge in [0.05, 0.1) is 6.54 Å². The molecule has 0 N–H and O–H groups in total. The van der Waals surface area contributed by atoms with E-state index in [4.69, 9.17) is 0 Å². The normalized spacial score (nSPS) is 10.9. The zero-order chi connectivity index (χ0) is 13.0. The fourth-order valence-corrected chi connectivity index (χ4v) is 3.20. The van der Waals surface area contributed by atoms with Crippen LogP contribution in [0.4, 0.5) is 5.69 Å². The predicted molar refractivity (Wildman–Crippen MR) is 84.7 cm³/mol. The lowest BCUT2D eigenvalue weighted by Crippen LogP contribution is -2.30. The monoisotopic (exact) mass is 323 g/mol. The van der Waals surface area contributed by atoms with E-state index in [0.717, 1.165) is 11.9 Å². The maximum absolute atomic E-state index is 3.58. The molecule has 96 valence electrons. The summed E-state index contributed by atoms with van der Waals surface area (Å²) in [7, 11) is 0. The first kappa shape index (κ1) is 13.6. The van der Waals surface area contributed by atoms with E-state index in [1.807, 2.05) is 11.3 Å². The minimum absolute atomic E-state index is 0.493. The fourth-order valence-electron chi connectivity index (χ4n) is 2.02. The molecule has 0 saturated carbocycles. The Morgan fingerprint density at radius 3 is 2.56 bits per heavy atom. The molecule has 0 bridgehead atoms. The van der Waals surface area contributed by atoms with E-state index in [9.17, 15) is 0 Å². The molecule has 0 aliphatic rings. The van der Waals surface area contributed by atoms with Gasteiger partial charge in [-0.25, -0.2) is 0 Å². The van der Waals surface area contributed by atoms with Crippen molar-refractivity contribution in [3.63, 3.8) is 0 Å². The number of rotatable bonds is 5. The topological polar surface area (TPSA) is 3.24 Å². The second kappa shape index (κ2) is 6.39. The SMILES string of the molecule is CC(C)N(Cc1cccs1)c1ccccc1CBr. The molecule has 18 heavy (non-hydrogen) atoms. The van der Waals surface area contributed by atoms with E-state index < -0.39 is 0 Å². The Balaban J connectivity index is 2.29. The number of hydrogen-bond donors (Lipinski definition) is 0. The number of anilines is 1. The summed E-state index contributed by atoms with van der Waals surface area (Å²) in [5.41, 5.74) is 2.68. The molecule has 0 aliphatic carbocycles. The zero-order valence-corrected chi connectivity index (χ0v) is 13.2. The van der Waals surface area contributed by atoms with E-state index >= 15 is 0 Å². The summed E-state index contributed by atoms with van der Waals surface area (Å²) in [6.07, 6.45) is 0. The molecule has 0 saturated heterocycles. The number of hydrogen-bond acceptors (Lipinski definition) is 2. The minimum Gasteiger partial charge on any atom is -0.364 e. The van der Waals surface area contributed by atoms with Crippen LogP contribution in [0.1, 0.15) is 24.3 Å². The van der Waals surface area contributed by atoms with Gasteiger partial charge in [0.1, 0.15) is 0 Å². The van der Waals surface area contributed by atoms with Gasteiger partial charge < -0.3 is 4.90 Å². The van der Waals surface area contributed by atoms with Crippen molar-refractivity contribution in [1.29, 1.82) is 0 Å². The summed E-state index contributed by atoms with van der Waals surface area (Å²) in [5.74, 6) is 0. The van der Waals surface area contributed by atoms with E-state index in [2.05, 4.69) is 76.5 Å². The molecule has 1 heterocycles. The van der Waals surface area contributed by atoms with Crippen LogP contribution >= 0.6 is 27.3 Å². The van der Waals surface area contributed by atoms with Crippen molar-refractivity contribution in [2.45, 2.75) is 31.8 Å². The molecule has 0 unspecified atom stereocenters. The first-order chi connectivity index (χ1) is 8.72. The van der Waals surface area contributed by atoms with Crippen LogP contribution in [0.5, 0.6) is 0 Å². The third kappa shape index (κ3) is 3.15. The van der Waals surface area contributed by atoms with Gasteiger partial charge in [-0.05, 0) is 36.9 Å². The molecule has 0 fully saturated rings. The molecule has 2 rings (SSSR count). The average Bonchev–Trinajstić information content (AvgIpc) is 2.88. The molecule has 0 amide bonds. The number of alkyl halides is 1. The summed E-state index contributed by atoms with van der Waals surface area (Å²) in [6.45, 7) is 5.48. The van der Waals surface area contributed by atoms with Crippen LogP contribution in [0.3, 0.4) is 0 Å². The zero-order valence-electron chi connectivity index (χ0n) is 10.8. The van der Waals surface area contributed by atoms with Crippen LogP contribution in [0, 0.1) is 0 Å². The molecular weight excluding hydrogens is 306 g/mol. The van der Waals surface area contributed by atoms with E-state index in [0.29, 0.717) is 6.04 Å². The largest absolute Gasteiger partial charge is 0.364 e. The van der Waals surface area contributed by atoms with Gasteiger partial charge in [-0.2, -0.15) is 0 Å². The van der Waals surface area contributed by atoms with Crippen LogP contribution < -0.4 is 4.90 Å². The molecule has 0 atom stereocenters. The van der Waals surface area contributed by atoms with Crippen molar-refractivity contribution in [3.8, 4) is 0 Å². The molecule has 1 nitrogen and oxygen atoms in total. The van der Waals surface area contributed by atoms with Crippen molar-refractivity contribution < 1.29 is 0 Å². The minimum atomic E-state index is 0.493. The standard InChI is InChI=1S/C15H18BrNS/c1-12(2)17(11-14-7-5-9-18-14)15-8-4-3-6-13(15)10-16/h3-9,12H,10-11H2,1-2H3. The molecule has 2 aromatic rings. The number of para-hydroxylation sites is 1. The van der Waals surface area contributed by atoms with Crippen molar-refractivity contribution in [3.05, 3.63) is 52.2 Å². The van der Waals surface area contributed by atoms with Crippen molar-refractivity contribution in [1.82, 2.24) is 0 Å². The summed E-state index contributed by atoms with van der Waals surface area (Å²) < 4.78 is 0. The Hall–Kier alpha value is -0.800. The van der Waals surface area contributed by atoms with Crippen molar-refractivity contribution in [2.24, 2.45) is 0 Å². The second-order valence-electron chi connectivity index (χ2n) is 4.56. The van der Waals surface area contributed by atoms with Crippen LogP contribution in [-0.4, -0.2) is 6.04 Å². The van der Waals surface area contributed by atoms with Gasteiger partial charge in [-0.1, -0.05) is 40.2 Å². The summed E-state index contributed by atoms with van der Waals surface area (Å²) in [5, 5.41) is 3.04. The van der Waals surface area contributed by atoms with E-state index in [-0.39, 0.29) is 0 Å². The molecule has 0 radical (unpaired) electrons. The maximum atomic E-state index is 3.58. The van der Waals surface area contributed by atoms with Crippen LogP contribution in [0.15, 0.2) is 41.8 Å². The first-order valence-corrected chi connectivity index (χ1v) is 8.15. The van der Waals surface area contributed by atoms with E-state index in [1.54, 1.807) is 0 Å². The van der Waals surface area contributed by atoms with Gasteiger partial charge in [0.15, 0.2) is 0 Å². The van der Waals surface area contributed by atoms with Crippen molar-refractivity contribution in [2.75, 3.05) is 4.90 Å². The number of thiophene rings is 1. The maximum Gasteiger partial charge on any atom is 0.0525 e. The Morgan fingerprint density at radius 2 is 1.94 bits per heavy atom. The molecule has 0 spiro atoms. The van der Waals surface area contributed by atoms with Crippen LogP contribution in [0.2, 0.25) is 0 Å². The third-order valence-corrected chi connectivity index (χ3v) is 4.44. The highest BCUT2D eigenvalue weighted by Gasteiger charge is 2.14. The first-order valence-electron chi connectivity index (χ1n) is 6.15. The summed E-state index contributed by atoms with van der Waals surface area (Å²) >= 11 is 5.40. The molecular formula is C15H18BrNS. The van der Waals surface area contributed by atoms with Crippen molar-refractivity contribution >= 4 is 33.0 Å². The smallest absolute Gasteiger partial charge is 0.0525 e. The average molecular weight is 324 g/mol. The fraction of sp³-hybridized carbons (Fsp3) is 0.333. The summed E-state index contributed by atoms with van der Waals surface area (Å²) in [6, 6.07) is 13.4. The van der Waals surface area contributed by atoms with Gasteiger partial charge >= 0.3 is 0 Å². The van der Waals surface area contributed by atoms with Gasteiger partial charge in [0, 0.05) is 21.9 Å². The Labute approximate surface area is 122 Å². The lowest BCUT2D eigenvalue weighted by molar-refractivity contribution is 0.685. The van der Waals surface area contributed by atoms with Crippen LogP contribution in [0.25, 0.3) is 0 Å². The lowest BCUT2D eigenvalue weighted by Gasteiger charge is -2.30. The van der Waals surface area contributed by atoms with Gasteiger partial charge in [0.2, 0.25) is 0 Å². The molecule has 0 aliphatic heterocycles. The highest BCUT2D eigenvalue weighted by molar-refractivity contribution is 9.08. The van der Waals surface area contributed by atoms with Gasteiger partial charge in [0.25, 0.3) is 0 Å². The predicted octanol–water partition coefficient (Wildman–Crippen LogP) is 5.06. The molecule has 3 heteroatoms. The highest BCUT2D eigenvalue weighted by Crippen LogP contribution is 2.27. The number of benzene rings is 1. The quantitative estimate of drug-likeness (QED) is 0.695. The van der Waals surface area contributed by atoms with Gasteiger partial charge in [-0.15, -0.1) is 11.3 Å². The number of nitrogens with zero attached hydrogens (tertiary/aromatic N) is 1. The Kier molecular flexibility index (Phi) is 4.84. The van der Waals surface area contributed by atoms with Crippen LogP contribution in [-0.2, 0) is 11.9 Å². The number of halogens is 1. The third-order valence-electron chi connectivity index (χ3n) is 2.97. The Bertz CT molecular complexity index is 479. The molecule has 1 aromatic carbocycles. The lowest BCUT2D eigenvalue weighted by atomic mass is 10.1. The Morgan fingerprint density at radius 1 is 1.17 bits per heavy atom. The highest BCUT2D eigenvalue weighted by atomic mass is 79.9. The summed E-state index contributed by atoms with van der Waals surface area (Å²) in [4.78, 5) is 3.87. The molecule has 1 aromatic heterocycles. The second-order valence-corrected chi connectivity index (χ2v) is 6.16.